The topological polar surface area (TPSA) is 49.5 Å². The van der Waals surface area contributed by atoms with E-state index in [0.29, 0.717) is 12.6 Å². The molecule has 0 radical (unpaired) electrons. The van der Waals surface area contributed by atoms with Crippen LogP contribution in [0, 0.1) is 6.92 Å². The molecule has 0 amide bonds. The molecular weight excluding hydrogens is 204 g/mol. The van der Waals surface area contributed by atoms with Gasteiger partial charge in [-0.1, -0.05) is 19.0 Å². The van der Waals surface area contributed by atoms with Crippen LogP contribution in [0.5, 0.6) is 0 Å². The summed E-state index contributed by atoms with van der Waals surface area (Å²) >= 11 is 0. The highest BCUT2D eigenvalue weighted by Gasteiger charge is 2.16. The Morgan fingerprint density at radius 3 is 2.56 bits per heavy atom. The molecule has 1 N–H and O–H groups in total. The van der Waals surface area contributed by atoms with E-state index in [9.17, 15) is 0 Å². The Kier molecular flexibility index (Phi) is 5.49. The summed E-state index contributed by atoms with van der Waals surface area (Å²) < 4.78 is 5.05. The predicted octanol–water partition coefficient (Wildman–Crippen LogP) is 1.97. The van der Waals surface area contributed by atoms with E-state index < -0.39 is 0 Å². The van der Waals surface area contributed by atoms with E-state index in [1.807, 2.05) is 13.0 Å². The van der Waals surface area contributed by atoms with E-state index in [2.05, 4.69) is 23.9 Å². The summed E-state index contributed by atoms with van der Waals surface area (Å²) in [6, 6.07) is 2.45. The lowest BCUT2D eigenvalue weighted by molar-refractivity contribution is 0.133. The van der Waals surface area contributed by atoms with Crippen molar-refractivity contribution in [1.29, 1.82) is 0 Å². The zero-order valence-corrected chi connectivity index (χ0v) is 10.4. The number of hydrogen-bond donors (Lipinski definition) is 1. The monoisotopic (exact) mass is 226 g/mol. The summed E-state index contributed by atoms with van der Waals surface area (Å²) in [6.07, 6.45) is 2.18. The van der Waals surface area contributed by atoms with Crippen molar-refractivity contribution in [3.05, 3.63) is 17.5 Å². The molecule has 1 aromatic rings. The van der Waals surface area contributed by atoms with E-state index in [-0.39, 0.29) is 6.61 Å². The van der Waals surface area contributed by atoms with E-state index in [1.54, 1.807) is 0 Å². The molecule has 4 heteroatoms. The number of aromatic nitrogens is 1. The smallest absolute Gasteiger partial charge is 0.133 e. The maximum absolute atomic E-state index is 9.07. The quantitative estimate of drug-likeness (QED) is 0.772. The largest absolute Gasteiger partial charge is 0.395 e. The van der Waals surface area contributed by atoms with Crippen LogP contribution in [-0.2, 0) is 6.54 Å². The fourth-order valence-corrected chi connectivity index (χ4v) is 2.02. The molecule has 0 bridgehead atoms. The van der Waals surface area contributed by atoms with Crippen LogP contribution in [0.4, 0.5) is 0 Å². The third-order valence-electron chi connectivity index (χ3n) is 2.89. The number of aryl methyl sites for hydroxylation is 1. The molecule has 0 saturated heterocycles. The fraction of sp³-hybridized carbons (Fsp3) is 0.750. The Hall–Kier alpha value is -0.870. The molecule has 0 atom stereocenters. The number of aliphatic hydroxyl groups excluding tert-OH is 1. The maximum Gasteiger partial charge on any atom is 0.133 e. The van der Waals surface area contributed by atoms with Gasteiger partial charge >= 0.3 is 0 Å². The first-order valence-electron chi connectivity index (χ1n) is 5.98. The molecule has 0 spiro atoms. The van der Waals surface area contributed by atoms with Gasteiger partial charge in [-0.15, -0.1) is 0 Å². The van der Waals surface area contributed by atoms with Crippen LogP contribution in [0.3, 0.4) is 0 Å². The van der Waals surface area contributed by atoms with Gasteiger partial charge in [-0.25, -0.2) is 0 Å². The van der Waals surface area contributed by atoms with Crippen LogP contribution in [-0.4, -0.2) is 34.4 Å². The van der Waals surface area contributed by atoms with Gasteiger partial charge in [0.1, 0.15) is 5.76 Å². The van der Waals surface area contributed by atoms with E-state index in [1.165, 1.54) is 0 Å². The molecule has 0 aliphatic heterocycles. The number of rotatable bonds is 7. The van der Waals surface area contributed by atoms with Crippen molar-refractivity contribution >= 4 is 0 Å². The van der Waals surface area contributed by atoms with Crippen molar-refractivity contribution in [3.8, 4) is 0 Å². The summed E-state index contributed by atoms with van der Waals surface area (Å²) in [4.78, 5) is 2.26. The zero-order chi connectivity index (χ0) is 12.0. The molecule has 16 heavy (non-hydrogen) atoms. The van der Waals surface area contributed by atoms with Crippen LogP contribution >= 0.6 is 0 Å². The Balaban J connectivity index is 2.63. The Morgan fingerprint density at radius 2 is 2.12 bits per heavy atom. The minimum absolute atomic E-state index is 0.188. The molecule has 0 aliphatic rings. The summed E-state index contributed by atoms with van der Waals surface area (Å²) in [5, 5.41) is 13.1. The standard InChI is InChI=1S/C12H22N2O2/c1-4-12(5-2)14(6-7-15)9-11-8-10(3)16-13-11/h8,12,15H,4-7,9H2,1-3H3. The average Bonchev–Trinajstić information content (AvgIpc) is 2.66. The minimum Gasteiger partial charge on any atom is -0.395 e. The highest BCUT2D eigenvalue weighted by Crippen LogP contribution is 2.13. The summed E-state index contributed by atoms with van der Waals surface area (Å²) in [6.45, 7) is 7.87. The van der Waals surface area contributed by atoms with Gasteiger partial charge in [-0.2, -0.15) is 0 Å². The second kappa shape index (κ2) is 6.66. The number of aliphatic hydroxyl groups is 1. The first kappa shape index (κ1) is 13.2. The molecule has 92 valence electrons. The molecular formula is C12H22N2O2. The first-order valence-corrected chi connectivity index (χ1v) is 5.98. The van der Waals surface area contributed by atoms with E-state index in [4.69, 9.17) is 9.63 Å². The second-order valence-electron chi connectivity index (χ2n) is 4.09. The Labute approximate surface area is 97.2 Å². The molecule has 0 fully saturated rings. The highest BCUT2D eigenvalue weighted by atomic mass is 16.5. The van der Waals surface area contributed by atoms with Crippen molar-refractivity contribution in [3.63, 3.8) is 0 Å². The van der Waals surface area contributed by atoms with Gasteiger partial charge in [0.25, 0.3) is 0 Å². The summed E-state index contributed by atoms with van der Waals surface area (Å²) in [5.41, 5.74) is 0.942. The van der Waals surface area contributed by atoms with Crippen molar-refractivity contribution in [2.75, 3.05) is 13.2 Å². The summed E-state index contributed by atoms with van der Waals surface area (Å²) in [7, 11) is 0. The molecule has 4 nitrogen and oxygen atoms in total. The van der Waals surface area contributed by atoms with Gasteiger partial charge in [0, 0.05) is 25.2 Å². The van der Waals surface area contributed by atoms with Gasteiger partial charge in [0.05, 0.1) is 12.3 Å². The van der Waals surface area contributed by atoms with Gasteiger partial charge < -0.3 is 9.63 Å². The normalized spacial score (nSPS) is 11.6. The molecule has 1 rings (SSSR count). The molecule has 0 unspecified atom stereocenters. The lowest BCUT2D eigenvalue weighted by Gasteiger charge is -2.28. The minimum atomic E-state index is 0.188. The molecule has 1 heterocycles. The van der Waals surface area contributed by atoms with Crippen molar-refractivity contribution in [1.82, 2.24) is 10.1 Å². The molecule has 0 saturated carbocycles. The van der Waals surface area contributed by atoms with Crippen LogP contribution in [0.15, 0.2) is 10.6 Å². The summed E-state index contributed by atoms with van der Waals surface area (Å²) in [5.74, 6) is 0.837. The van der Waals surface area contributed by atoms with Crippen LogP contribution in [0.25, 0.3) is 0 Å². The zero-order valence-electron chi connectivity index (χ0n) is 10.4. The van der Waals surface area contributed by atoms with Crippen LogP contribution in [0.1, 0.15) is 38.1 Å². The molecule has 0 aromatic carbocycles. The predicted molar refractivity (Wildman–Crippen MR) is 63.1 cm³/mol. The number of hydrogen-bond acceptors (Lipinski definition) is 4. The third kappa shape index (κ3) is 3.61. The van der Waals surface area contributed by atoms with Gasteiger partial charge in [0.2, 0.25) is 0 Å². The lowest BCUT2D eigenvalue weighted by atomic mass is 10.1. The van der Waals surface area contributed by atoms with Crippen molar-refractivity contribution in [2.24, 2.45) is 0 Å². The number of nitrogens with zero attached hydrogens (tertiary/aromatic N) is 2. The maximum atomic E-state index is 9.07. The first-order chi connectivity index (χ1) is 7.71. The highest BCUT2D eigenvalue weighted by molar-refractivity contribution is 5.03. The third-order valence-corrected chi connectivity index (χ3v) is 2.89. The van der Waals surface area contributed by atoms with Crippen LogP contribution in [0.2, 0.25) is 0 Å². The van der Waals surface area contributed by atoms with Gasteiger partial charge in [-0.05, 0) is 19.8 Å². The van der Waals surface area contributed by atoms with E-state index >= 15 is 0 Å². The Bertz CT molecular complexity index is 295. The van der Waals surface area contributed by atoms with Crippen molar-refractivity contribution in [2.45, 2.75) is 46.2 Å². The fourth-order valence-electron chi connectivity index (χ4n) is 2.02. The Morgan fingerprint density at radius 1 is 1.44 bits per heavy atom. The van der Waals surface area contributed by atoms with Crippen molar-refractivity contribution < 1.29 is 9.63 Å². The van der Waals surface area contributed by atoms with E-state index in [0.717, 1.165) is 30.8 Å². The molecule has 0 aliphatic carbocycles. The SMILES string of the molecule is CCC(CC)N(CCO)Cc1cc(C)on1. The second-order valence-corrected chi connectivity index (χ2v) is 4.09. The lowest BCUT2D eigenvalue weighted by Crippen LogP contribution is -2.36. The van der Waals surface area contributed by atoms with Gasteiger partial charge in [-0.3, -0.25) is 4.90 Å². The van der Waals surface area contributed by atoms with Crippen LogP contribution < -0.4 is 0 Å². The molecule has 1 aromatic heterocycles. The van der Waals surface area contributed by atoms with Gasteiger partial charge in [0.15, 0.2) is 0 Å². The average molecular weight is 226 g/mol.